The zero-order valence-electron chi connectivity index (χ0n) is 9.77. The Morgan fingerprint density at radius 1 is 1.44 bits per heavy atom. The maximum atomic E-state index is 11.7. The van der Waals surface area contributed by atoms with Crippen LogP contribution in [0.2, 0.25) is 0 Å². The zero-order valence-corrected chi connectivity index (χ0v) is 9.77. The second kappa shape index (κ2) is 4.55. The van der Waals surface area contributed by atoms with Crippen LogP contribution in [-0.2, 0) is 9.53 Å². The Labute approximate surface area is 94.7 Å². The van der Waals surface area contributed by atoms with Crippen LogP contribution in [0.15, 0.2) is 12.2 Å². The summed E-state index contributed by atoms with van der Waals surface area (Å²) in [7, 11) is 0. The molecule has 5 nitrogen and oxygen atoms in total. The van der Waals surface area contributed by atoms with E-state index in [1.54, 1.807) is 32.9 Å². The fourth-order valence-electron chi connectivity index (χ4n) is 1.36. The maximum Gasteiger partial charge on any atom is 0.410 e. The van der Waals surface area contributed by atoms with Gasteiger partial charge in [-0.1, -0.05) is 12.2 Å². The lowest BCUT2D eigenvalue weighted by atomic mass is 10.1. The number of ether oxygens (including phenoxy) is 1. The maximum absolute atomic E-state index is 11.7. The zero-order chi connectivity index (χ0) is 12.3. The summed E-state index contributed by atoms with van der Waals surface area (Å²) >= 11 is 0. The van der Waals surface area contributed by atoms with Gasteiger partial charge in [0.2, 0.25) is 0 Å². The molecule has 1 rings (SSSR count). The van der Waals surface area contributed by atoms with E-state index in [0.29, 0.717) is 6.54 Å². The molecule has 0 aromatic carbocycles. The molecule has 0 saturated carbocycles. The van der Waals surface area contributed by atoms with Gasteiger partial charge < -0.3 is 14.7 Å². The lowest BCUT2D eigenvalue weighted by Crippen LogP contribution is -2.42. The molecule has 0 unspecified atom stereocenters. The molecular weight excluding hydrogens is 210 g/mol. The van der Waals surface area contributed by atoms with Crippen LogP contribution >= 0.6 is 0 Å². The summed E-state index contributed by atoms with van der Waals surface area (Å²) in [5.74, 6) is -1.56. The molecule has 16 heavy (non-hydrogen) atoms. The molecule has 0 saturated heterocycles. The van der Waals surface area contributed by atoms with Crippen LogP contribution in [-0.4, -0.2) is 40.8 Å². The van der Waals surface area contributed by atoms with Crippen molar-refractivity contribution in [2.45, 2.75) is 26.4 Å². The number of carboxylic acids is 1. The molecule has 90 valence electrons. The SMILES string of the molecule is CC(C)(C)OC(=O)N1CC=C[C@H](C(=O)O)C1. The third-order valence-corrected chi connectivity index (χ3v) is 2.08. The largest absolute Gasteiger partial charge is 0.481 e. The van der Waals surface area contributed by atoms with Crippen LogP contribution in [0.5, 0.6) is 0 Å². The summed E-state index contributed by atoms with van der Waals surface area (Å²) in [4.78, 5) is 23.8. The number of rotatable bonds is 1. The third kappa shape index (κ3) is 3.56. The molecule has 1 aliphatic heterocycles. The highest BCUT2D eigenvalue weighted by Crippen LogP contribution is 2.14. The molecule has 1 amide bonds. The molecule has 0 aromatic rings. The number of aliphatic carboxylic acids is 1. The molecular formula is C11H17NO4. The van der Waals surface area contributed by atoms with Gasteiger partial charge in [0.15, 0.2) is 0 Å². The summed E-state index contributed by atoms with van der Waals surface area (Å²) in [5.41, 5.74) is -0.559. The molecule has 0 aliphatic carbocycles. The van der Waals surface area contributed by atoms with Crippen molar-refractivity contribution < 1.29 is 19.4 Å². The fraction of sp³-hybridized carbons (Fsp3) is 0.636. The predicted molar refractivity (Wildman–Crippen MR) is 58.1 cm³/mol. The van der Waals surface area contributed by atoms with E-state index in [9.17, 15) is 9.59 Å². The Bertz CT molecular complexity index is 316. The standard InChI is InChI=1S/C11H17NO4/c1-11(2,3)16-10(15)12-6-4-5-8(7-12)9(13)14/h4-5,8H,6-7H2,1-3H3,(H,13,14)/t8-/m0/s1. The molecule has 0 fully saturated rings. The Balaban J connectivity index is 2.60. The molecule has 1 N–H and O–H groups in total. The van der Waals surface area contributed by atoms with E-state index in [0.717, 1.165) is 0 Å². The van der Waals surface area contributed by atoms with Gasteiger partial charge in [0.1, 0.15) is 5.60 Å². The van der Waals surface area contributed by atoms with Crippen LogP contribution < -0.4 is 0 Å². The highest BCUT2D eigenvalue weighted by atomic mass is 16.6. The predicted octanol–water partition coefficient (Wildman–Crippen LogP) is 1.49. The topological polar surface area (TPSA) is 66.8 Å². The molecule has 0 aromatic heterocycles. The van der Waals surface area contributed by atoms with Crippen LogP contribution in [0.3, 0.4) is 0 Å². The number of carbonyl (C=O) groups is 2. The number of carboxylic acid groups (broad SMARTS) is 1. The average Bonchev–Trinajstić information content (AvgIpc) is 2.15. The number of nitrogens with zero attached hydrogens (tertiary/aromatic N) is 1. The smallest absolute Gasteiger partial charge is 0.410 e. The molecule has 1 aliphatic rings. The second-order valence-corrected chi connectivity index (χ2v) is 4.76. The minimum atomic E-state index is -0.926. The number of amides is 1. The van der Waals surface area contributed by atoms with E-state index >= 15 is 0 Å². The van der Waals surface area contributed by atoms with Crippen LogP contribution in [0, 0.1) is 5.92 Å². The lowest BCUT2D eigenvalue weighted by Gasteiger charge is -2.29. The first kappa shape index (κ1) is 12.5. The van der Waals surface area contributed by atoms with Gasteiger partial charge in [-0.15, -0.1) is 0 Å². The van der Waals surface area contributed by atoms with Crippen molar-refractivity contribution in [1.82, 2.24) is 4.90 Å². The highest BCUT2D eigenvalue weighted by Gasteiger charge is 2.27. The van der Waals surface area contributed by atoms with Crippen LogP contribution in [0.4, 0.5) is 4.79 Å². The quantitative estimate of drug-likeness (QED) is 0.689. The third-order valence-electron chi connectivity index (χ3n) is 2.08. The van der Waals surface area contributed by atoms with Gasteiger partial charge in [0.05, 0.1) is 5.92 Å². The minimum Gasteiger partial charge on any atom is -0.481 e. The number of carbonyl (C=O) groups excluding carboxylic acids is 1. The first-order valence-electron chi connectivity index (χ1n) is 5.17. The van der Waals surface area contributed by atoms with Crippen molar-refractivity contribution in [1.29, 1.82) is 0 Å². The second-order valence-electron chi connectivity index (χ2n) is 4.76. The van der Waals surface area contributed by atoms with E-state index in [1.165, 1.54) is 4.90 Å². The van der Waals surface area contributed by atoms with Crippen molar-refractivity contribution >= 4 is 12.1 Å². The summed E-state index contributed by atoms with van der Waals surface area (Å²) in [6, 6.07) is 0. The number of hydrogen-bond acceptors (Lipinski definition) is 3. The van der Waals surface area contributed by atoms with Crippen LogP contribution in [0.25, 0.3) is 0 Å². The Morgan fingerprint density at radius 3 is 2.56 bits per heavy atom. The molecule has 5 heteroatoms. The molecule has 0 spiro atoms. The summed E-state index contributed by atoms with van der Waals surface area (Å²) in [5, 5.41) is 8.84. The molecule has 0 radical (unpaired) electrons. The fourth-order valence-corrected chi connectivity index (χ4v) is 1.36. The Hall–Kier alpha value is -1.52. The Kier molecular flexibility index (Phi) is 3.57. The highest BCUT2D eigenvalue weighted by molar-refractivity contribution is 5.75. The van der Waals surface area contributed by atoms with Crippen molar-refractivity contribution in [3.63, 3.8) is 0 Å². The van der Waals surface area contributed by atoms with Gasteiger partial charge in [-0.2, -0.15) is 0 Å². The van der Waals surface area contributed by atoms with Crippen molar-refractivity contribution in [3.8, 4) is 0 Å². The van der Waals surface area contributed by atoms with Crippen molar-refractivity contribution in [2.24, 2.45) is 5.92 Å². The average molecular weight is 227 g/mol. The van der Waals surface area contributed by atoms with Gasteiger partial charge >= 0.3 is 12.1 Å². The minimum absolute atomic E-state index is 0.167. The lowest BCUT2D eigenvalue weighted by molar-refractivity contribution is -0.140. The summed E-state index contributed by atoms with van der Waals surface area (Å²) < 4.78 is 5.17. The van der Waals surface area contributed by atoms with E-state index < -0.39 is 23.6 Å². The Morgan fingerprint density at radius 2 is 2.06 bits per heavy atom. The monoisotopic (exact) mass is 227 g/mol. The normalized spacial score (nSPS) is 20.7. The summed E-state index contributed by atoms with van der Waals surface area (Å²) in [6.07, 6.45) is 2.80. The molecule has 1 atom stereocenters. The van der Waals surface area contributed by atoms with E-state index in [4.69, 9.17) is 9.84 Å². The van der Waals surface area contributed by atoms with E-state index in [1.807, 2.05) is 0 Å². The van der Waals surface area contributed by atoms with E-state index in [2.05, 4.69) is 0 Å². The van der Waals surface area contributed by atoms with E-state index in [-0.39, 0.29) is 6.54 Å². The summed E-state index contributed by atoms with van der Waals surface area (Å²) in [6.45, 7) is 5.90. The van der Waals surface area contributed by atoms with Crippen molar-refractivity contribution in [3.05, 3.63) is 12.2 Å². The van der Waals surface area contributed by atoms with Crippen molar-refractivity contribution in [2.75, 3.05) is 13.1 Å². The molecule has 0 bridgehead atoms. The van der Waals surface area contributed by atoms with Gasteiger partial charge in [0.25, 0.3) is 0 Å². The number of hydrogen-bond donors (Lipinski definition) is 1. The van der Waals surface area contributed by atoms with Crippen LogP contribution in [0.1, 0.15) is 20.8 Å². The van der Waals surface area contributed by atoms with Gasteiger partial charge in [-0.05, 0) is 20.8 Å². The van der Waals surface area contributed by atoms with Gasteiger partial charge in [-0.25, -0.2) is 4.79 Å². The molecule has 1 heterocycles. The van der Waals surface area contributed by atoms with Gasteiger partial charge in [-0.3, -0.25) is 4.79 Å². The first-order valence-corrected chi connectivity index (χ1v) is 5.17. The first-order chi connectivity index (χ1) is 7.29. The van der Waals surface area contributed by atoms with Gasteiger partial charge in [0, 0.05) is 13.1 Å².